The van der Waals surface area contributed by atoms with Crippen LogP contribution in [0.3, 0.4) is 0 Å². The molecule has 0 aromatic carbocycles. The highest BCUT2D eigenvalue weighted by Crippen LogP contribution is 2.13. The maximum atomic E-state index is 11.6. The van der Waals surface area contributed by atoms with E-state index in [-0.39, 0.29) is 18.1 Å². The summed E-state index contributed by atoms with van der Waals surface area (Å²) in [6, 6.07) is -0.344. The Labute approximate surface area is 90.5 Å². The van der Waals surface area contributed by atoms with Crippen molar-refractivity contribution >= 4 is 12.0 Å². The minimum absolute atomic E-state index is 0.260. The van der Waals surface area contributed by atoms with Gasteiger partial charge in [-0.1, -0.05) is 13.8 Å². The van der Waals surface area contributed by atoms with E-state index in [1.165, 1.54) is 7.05 Å². The van der Waals surface area contributed by atoms with Crippen LogP contribution in [0.1, 0.15) is 33.6 Å². The quantitative estimate of drug-likeness (QED) is 0.727. The summed E-state index contributed by atoms with van der Waals surface area (Å²) < 4.78 is 0. The van der Waals surface area contributed by atoms with Crippen molar-refractivity contribution in [3.63, 3.8) is 0 Å². The van der Waals surface area contributed by atoms with Gasteiger partial charge in [0.15, 0.2) is 0 Å². The lowest BCUT2D eigenvalue weighted by atomic mass is 9.96. The van der Waals surface area contributed by atoms with Crippen LogP contribution in [0.2, 0.25) is 0 Å². The topological polar surface area (TPSA) is 69.6 Å². The zero-order chi connectivity index (χ0) is 12.1. The van der Waals surface area contributed by atoms with Gasteiger partial charge in [0.1, 0.15) is 6.54 Å². The van der Waals surface area contributed by atoms with Gasteiger partial charge in [-0.3, -0.25) is 4.79 Å². The average molecular weight is 216 g/mol. The van der Waals surface area contributed by atoms with E-state index in [1.54, 1.807) is 0 Å². The molecular weight excluding hydrogens is 196 g/mol. The molecule has 0 fully saturated rings. The first-order chi connectivity index (χ1) is 6.84. The van der Waals surface area contributed by atoms with E-state index in [1.807, 2.05) is 20.8 Å². The predicted octanol–water partition coefficient (Wildman–Crippen LogP) is 1.29. The third-order valence-electron chi connectivity index (χ3n) is 2.69. The minimum Gasteiger partial charge on any atom is -0.480 e. The van der Waals surface area contributed by atoms with Crippen molar-refractivity contribution in [2.45, 2.75) is 39.2 Å². The molecular formula is C10H20N2O3. The molecule has 2 N–H and O–H groups in total. The standard InChI is InChI=1S/C10H20N2O3/c1-5-10(3,6-2)11-9(15)12(4)7-8(13)14/h5-7H2,1-4H3,(H,11,15)(H,13,14). The molecule has 88 valence electrons. The first-order valence-corrected chi connectivity index (χ1v) is 5.09. The first kappa shape index (κ1) is 13.7. The van der Waals surface area contributed by atoms with Gasteiger partial charge < -0.3 is 15.3 Å². The second-order valence-corrected chi connectivity index (χ2v) is 3.95. The highest BCUT2D eigenvalue weighted by molar-refractivity contribution is 5.80. The van der Waals surface area contributed by atoms with Crippen molar-refractivity contribution < 1.29 is 14.7 Å². The molecule has 0 unspecified atom stereocenters. The van der Waals surface area contributed by atoms with Gasteiger partial charge in [-0.15, -0.1) is 0 Å². The summed E-state index contributed by atoms with van der Waals surface area (Å²) >= 11 is 0. The Balaban J connectivity index is 4.28. The maximum Gasteiger partial charge on any atom is 0.323 e. The van der Waals surface area contributed by atoms with Crippen LogP contribution in [-0.4, -0.2) is 41.1 Å². The Hall–Kier alpha value is -1.26. The van der Waals surface area contributed by atoms with Gasteiger partial charge in [-0.25, -0.2) is 4.79 Å². The number of carboxylic acids is 1. The number of carbonyl (C=O) groups excluding carboxylic acids is 1. The van der Waals surface area contributed by atoms with Crippen molar-refractivity contribution in [1.82, 2.24) is 10.2 Å². The van der Waals surface area contributed by atoms with Gasteiger partial charge in [-0.05, 0) is 19.8 Å². The van der Waals surface area contributed by atoms with Crippen LogP contribution in [0.4, 0.5) is 4.79 Å². The predicted molar refractivity (Wildman–Crippen MR) is 57.8 cm³/mol. The highest BCUT2D eigenvalue weighted by Gasteiger charge is 2.24. The van der Waals surface area contributed by atoms with E-state index in [2.05, 4.69) is 5.32 Å². The number of nitrogens with one attached hydrogen (secondary N) is 1. The van der Waals surface area contributed by atoms with Crippen LogP contribution < -0.4 is 5.32 Å². The van der Waals surface area contributed by atoms with Gasteiger partial charge in [0.05, 0.1) is 0 Å². The second kappa shape index (κ2) is 5.58. The number of urea groups is 1. The molecule has 0 rings (SSSR count). The summed E-state index contributed by atoms with van der Waals surface area (Å²) in [4.78, 5) is 23.1. The molecule has 0 aromatic heterocycles. The molecule has 0 aromatic rings. The Morgan fingerprint density at radius 1 is 1.33 bits per heavy atom. The number of rotatable bonds is 5. The Morgan fingerprint density at radius 2 is 1.80 bits per heavy atom. The second-order valence-electron chi connectivity index (χ2n) is 3.95. The lowest BCUT2D eigenvalue weighted by Gasteiger charge is -2.30. The zero-order valence-electron chi connectivity index (χ0n) is 9.83. The minimum atomic E-state index is -1.01. The fourth-order valence-corrected chi connectivity index (χ4v) is 1.06. The number of carbonyl (C=O) groups is 2. The summed E-state index contributed by atoms with van der Waals surface area (Å²) in [5, 5.41) is 11.3. The van der Waals surface area contributed by atoms with Crippen molar-refractivity contribution in [1.29, 1.82) is 0 Å². The molecule has 0 aliphatic carbocycles. The molecule has 5 nitrogen and oxygen atoms in total. The Morgan fingerprint density at radius 3 is 2.13 bits per heavy atom. The molecule has 0 aliphatic rings. The first-order valence-electron chi connectivity index (χ1n) is 5.09. The smallest absolute Gasteiger partial charge is 0.323 e. The van der Waals surface area contributed by atoms with E-state index < -0.39 is 5.97 Å². The summed E-state index contributed by atoms with van der Waals surface area (Å²) in [5.41, 5.74) is -0.260. The van der Waals surface area contributed by atoms with Gasteiger partial charge in [0.25, 0.3) is 0 Å². The number of amides is 2. The van der Waals surface area contributed by atoms with Gasteiger partial charge in [0, 0.05) is 12.6 Å². The normalized spacial score (nSPS) is 10.9. The molecule has 0 atom stereocenters. The molecule has 0 bridgehead atoms. The highest BCUT2D eigenvalue weighted by atomic mass is 16.4. The van der Waals surface area contributed by atoms with E-state index in [0.29, 0.717) is 0 Å². The van der Waals surface area contributed by atoms with Crippen LogP contribution in [0, 0.1) is 0 Å². The van der Waals surface area contributed by atoms with Crippen LogP contribution >= 0.6 is 0 Å². The SMILES string of the molecule is CCC(C)(CC)NC(=O)N(C)CC(=O)O. The third-order valence-corrected chi connectivity index (χ3v) is 2.69. The number of hydrogen-bond donors (Lipinski definition) is 2. The van der Waals surface area contributed by atoms with Gasteiger partial charge in [0.2, 0.25) is 0 Å². The summed E-state index contributed by atoms with van der Waals surface area (Å²) in [6.07, 6.45) is 1.63. The number of likely N-dealkylation sites (N-methyl/N-ethyl adjacent to an activating group) is 1. The summed E-state index contributed by atoms with van der Waals surface area (Å²) in [6.45, 7) is 5.64. The number of carboxylic acid groups (broad SMARTS) is 1. The fourth-order valence-electron chi connectivity index (χ4n) is 1.06. The lowest BCUT2D eigenvalue weighted by Crippen LogP contribution is -2.50. The van der Waals surface area contributed by atoms with Crippen molar-refractivity contribution in [3.05, 3.63) is 0 Å². The molecule has 0 heterocycles. The monoisotopic (exact) mass is 216 g/mol. The third kappa shape index (κ3) is 4.67. The van der Waals surface area contributed by atoms with Crippen LogP contribution in [-0.2, 0) is 4.79 Å². The number of nitrogens with zero attached hydrogens (tertiary/aromatic N) is 1. The largest absolute Gasteiger partial charge is 0.480 e. The number of hydrogen-bond acceptors (Lipinski definition) is 2. The average Bonchev–Trinajstić information content (AvgIpc) is 2.16. The molecule has 0 radical (unpaired) electrons. The lowest BCUT2D eigenvalue weighted by molar-refractivity contribution is -0.137. The summed E-state index contributed by atoms with van der Waals surface area (Å²) in [7, 11) is 1.47. The molecule has 0 saturated carbocycles. The Kier molecular flexibility index (Phi) is 5.11. The molecule has 5 heteroatoms. The molecule has 15 heavy (non-hydrogen) atoms. The van der Waals surface area contributed by atoms with Gasteiger partial charge in [-0.2, -0.15) is 0 Å². The van der Waals surface area contributed by atoms with E-state index in [9.17, 15) is 9.59 Å². The molecule has 2 amide bonds. The van der Waals surface area contributed by atoms with E-state index >= 15 is 0 Å². The maximum absolute atomic E-state index is 11.6. The van der Waals surface area contributed by atoms with Crippen molar-refractivity contribution in [3.8, 4) is 0 Å². The van der Waals surface area contributed by atoms with Crippen molar-refractivity contribution in [2.75, 3.05) is 13.6 Å². The zero-order valence-corrected chi connectivity index (χ0v) is 9.83. The van der Waals surface area contributed by atoms with Crippen LogP contribution in [0.15, 0.2) is 0 Å². The van der Waals surface area contributed by atoms with E-state index in [4.69, 9.17) is 5.11 Å². The van der Waals surface area contributed by atoms with Crippen LogP contribution in [0.25, 0.3) is 0 Å². The van der Waals surface area contributed by atoms with E-state index in [0.717, 1.165) is 17.7 Å². The van der Waals surface area contributed by atoms with Crippen molar-refractivity contribution in [2.24, 2.45) is 0 Å². The molecule has 0 spiro atoms. The van der Waals surface area contributed by atoms with Crippen LogP contribution in [0.5, 0.6) is 0 Å². The summed E-state index contributed by atoms with van der Waals surface area (Å²) in [5.74, 6) is -1.01. The van der Waals surface area contributed by atoms with Gasteiger partial charge >= 0.3 is 12.0 Å². The molecule has 0 saturated heterocycles. The Bertz CT molecular complexity index is 237. The number of aliphatic carboxylic acids is 1. The fraction of sp³-hybridized carbons (Fsp3) is 0.800. The molecule has 0 aliphatic heterocycles.